The first-order chi connectivity index (χ1) is 9.61. The number of carbonyl (C=O) groups is 2. The number of aromatic nitrogens is 1. The number of pyridine rings is 1. The standard InChI is InChI=1S/C15H22N2O3/c1-2-12(6-7-15(19)20)8-10-17-14(18)11-13-5-3-4-9-16-13/h3-5,9,12H,2,6-8,10-11H2,1H3,(H,17,18)(H,19,20). The molecule has 0 aromatic carbocycles. The number of rotatable bonds is 9. The fourth-order valence-electron chi connectivity index (χ4n) is 2.03. The zero-order chi connectivity index (χ0) is 14.8. The molecule has 1 rings (SSSR count). The summed E-state index contributed by atoms with van der Waals surface area (Å²) in [4.78, 5) is 26.3. The molecule has 1 heterocycles. The van der Waals surface area contributed by atoms with Gasteiger partial charge in [0, 0.05) is 24.9 Å². The third kappa shape index (κ3) is 6.87. The predicted octanol–water partition coefficient (Wildman–Crippen LogP) is 2.02. The molecule has 1 aromatic heterocycles. The quantitative estimate of drug-likeness (QED) is 0.724. The molecule has 5 nitrogen and oxygen atoms in total. The van der Waals surface area contributed by atoms with Crippen molar-refractivity contribution in [3.63, 3.8) is 0 Å². The number of carboxylic acid groups (broad SMARTS) is 1. The topological polar surface area (TPSA) is 79.3 Å². The van der Waals surface area contributed by atoms with Gasteiger partial charge in [-0.05, 0) is 30.9 Å². The van der Waals surface area contributed by atoms with E-state index in [1.807, 2.05) is 25.1 Å². The first-order valence-corrected chi connectivity index (χ1v) is 7.00. The molecule has 0 aliphatic rings. The molecule has 0 fully saturated rings. The highest BCUT2D eigenvalue weighted by Crippen LogP contribution is 2.14. The molecule has 20 heavy (non-hydrogen) atoms. The summed E-state index contributed by atoms with van der Waals surface area (Å²) in [6.07, 6.45) is 4.57. The summed E-state index contributed by atoms with van der Waals surface area (Å²) in [5, 5.41) is 11.5. The van der Waals surface area contributed by atoms with Gasteiger partial charge in [-0.1, -0.05) is 19.4 Å². The summed E-state index contributed by atoms with van der Waals surface area (Å²) in [5.74, 6) is -0.458. The molecular formula is C15H22N2O3. The zero-order valence-corrected chi connectivity index (χ0v) is 11.8. The van der Waals surface area contributed by atoms with Crippen molar-refractivity contribution in [3.8, 4) is 0 Å². The van der Waals surface area contributed by atoms with Crippen molar-refractivity contribution < 1.29 is 14.7 Å². The minimum atomic E-state index is -0.761. The summed E-state index contributed by atoms with van der Waals surface area (Å²) < 4.78 is 0. The van der Waals surface area contributed by atoms with Crippen molar-refractivity contribution >= 4 is 11.9 Å². The number of carboxylic acids is 1. The minimum absolute atomic E-state index is 0.0446. The number of hydrogen-bond acceptors (Lipinski definition) is 3. The molecule has 110 valence electrons. The van der Waals surface area contributed by atoms with Crippen LogP contribution in [0.2, 0.25) is 0 Å². The van der Waals surface area contributed by atoms with Crippen LogP contribution in [0.15, 0.2) is 24.4 Å². The number of nitrogens with one attached hydrogen (secondary N) is 1. The van der Waals surface area contributed by atoms with Gasteiger partial charge in [-0.15, -0.1) is 0 Å². The third-order valence-electron chi connectivity index (χ3n) is 3.29. The molecule has 0 radical (unpaired) electrons. The average molecular weight is 278 g/mol. The van der Waals surface area contributed by atoms with Crippen LogP contribution >= 0.6 is 0 Å². The van der Waals surface area contributed by atoms with Gasteiger partial charge in [0.05, 0.1) is 6.42 Å². The van der Waals surface area contributed by atoms with E-state index in [-0.39, 0.29) is 18.7 Å². The van der Waals surface area contributed by atoms with Crippen molar-refractivity contribution in [2.75, 3.05) is 6.54 Å². The van der Waals surface area contributed by atoms with E-state index in [1.54, 1.807) is 6.20 Å². The molecule has 0 aliphatic heterocycles. The van der Waals surface area contributed by atoms with E-state index in [2.05, 4.69) is 10.3 Å². The van der Waals surface area contributed by atoms with E-state index in [0.717, 1.165) is 18.5 Å². The van der Waals surface area contributed by atoms with Crippen molar-refractivity contribution in [2.24, 2.45) is 5.92 Å². The first kappa shape index (κ1) is 16.1. The Labute approximate surface area is 119 Å². The highest BCUT2D eigenvalue weighted by Gasteiger charge is 2.10. The van der Waals surface area contributed by atoms with Gasteiger partial charge in [0.1, 0.15) is 0 Å². The number of amides is 1. The van der Waals surface area contributed by atoms with Gasteiger partial charge >= 0.3 is 5.97 Å². The maximum atomic E-state index is 11.7. The van der Waals surface area contributed by atoms with Crippen LogP contribution in [0, 0.1) is 5.92 Å². The predicted molar refractivity (Wildman–Crippen MR) is 76.2 cm³/mol. The van der Waals surface area contributed by atoms with Gasteiger partial charge in [-0.3, -0.25) is 14.6 Å². The number of aliphatic carboxylic acids is 1. The van der Waals surface area contributed by atoms with Crippen molar-refractivity contribution in [1.29, 1.82) is 0 Å². The normalized spacial score (nSPS) is 11.8. The fraction of sp³-hybridized carbons (Fsp3) is 0.533. The first-order valence-electron chi connectivity index (χ1n) is 7.00. The van der Waals surface area contributed by atoms with Crippen LogP contribution in [0.25, 0.3) is 0 Å². The number of hydrogen-bond donors (Lipinski definition) is 2. The maximum Gasteiger partial charge on any atom is 0.303 e. The smallest absolute Gasteiger partial charge is 0.303 e. The van der Waals surface area contributed by atoms with Gasteiger partial charge < -0.3 is 10.4 Å². The van der Waals surface area contributed by atoms with E-state index in [1.165, 1.54) is 0 Å². The summed E-state index contributed by atoms with van der Waals surface area (Å²) in [5.41, 5.74) is 0.753. The van der Waals surface area contributed by atoms with Crippen LogP contribution in [0.5, 0.6) is 0 Å². The number of nitrogens with zero attached hydrogens (tertiary/aromatic N) is 1. The Morgan fingerprint density at radius 1 is 1.35 bits per heavy atom. The van der Waals surface area contributed by atoms with Crippen molar-refractivity contribution in [2.45, 2.75) is 39.0 Å². The van der Waals surface area contributed by atoms with Crippen molar-refractivity contribution in [1.82, 2.24) is 10.3 Å². The highest BCUT2D eigenvalue weighted by molar-refractivity contribution is 5.78. The van der Waals surface area contributed by atoms with Crippen LogP contribution in [-0.2, 0) is 16.0 Å². The molecule has 0 saturated carbocycles. The molecular weight excluding hydrogens is 256 g/mol. The SMILES string of the molecule is CCC(CCNC(=O)Cc1ccccn1)CCC(=O)O. The lowest BCUT2D eigenvalue weighted by atomic mass is 9.96. The Balaban J connectivity index is 2.21. The van der Waals surface area contributed by atoms with Gasteiger partial charge in [0.15, 0.2) is 0 Å². The van der Waals surface area contributed by atoms with Gasteiger partial charge in [0.25, 0.3) is 0 Å². The van der Waals surface area contributed by atoms with E-state index in [9.17, 15) is 9.59 Å². The second-order valence-corrected chi connectivity index (χ2v) is 4.84. The largest absolute Gasteiger partial charge is 0.481 e. The summed E-state index contributed by atoms with van der Waals surface area (Å²) in [7, 11) is 0. The summed E-state index contributed by atoms with van der Waals surface area (Å²) in [6.45, 7) is 2.63. The molecule has 1 aromatic rings. The van der Waals surface area contributed by atoms with E-state index < -0.39 is 5.97 Å². The van der Waals surface area contributed by atoms with Crippen LogP contribution in [0.3, 0.4) is 0 Å². The van der Waals surface area contributed by atoms with E-state index in [4.69, 9.17) is 5.11 Å². The Bertz CT molecular complexity index is 420. The average Bonchev–Trinajstić information content (AvgIpc) is 2.43. The maximum absolute atomic E-state index is 11.7. The molecule has 0 bridgehead atoms. The van der Waals surface area contributed by atoms with Gasteiger partial charge in [-0.2, -0.15) is 0 Å². The zero-order valence-electron chi connectivity index (χ0n) is 11.8. The Morgan fingerprint density at radius 3 is 2.75 bits per heavy atom. The minimum Gasteiger partial charge on any atom is -0.481 e. The van der Waals surface area contributed by atoms with Crippen LogP contribution < -0.4 is 5.32 Å². The van der Waals surface area contributed by atoms with Crippen LogP contribution in [0.1, 0.15) is 38.3 Å². The molecule has 1 amide bonds. The monoisotopic (exact) mass is 278 g/mol. The van der Waals surface area contributed by atoms with Crippen LogP contribution in [0.4, 0.5) is 0 Å². The van der Waals surface area contributed by atoms with Gasteiger partial charge in [0.2, 0.25) is 5.91 Å². The Hall–Kier alpha value is -1.91. The Morgan fingerprint density at radius 2 is 2.15 bits per heavy atom. The molecule has 2 N–H and O–H groups in total. The summed E-state index contributed by atoms with van der Waals surface area (Å²) in [6, 6.07) is 5.49. The van der Waals surface area contributed by atoms with E-state index >= 15 is 0 Å². The second-order valence-electron chi connectivity index (χ2n) is 4.84. The number of carbonyl (C=O) groups excluding carboxylic acids is 1. The van der Waals surface area contributed by atoms with E-state index in [0.29, 0.717) is 18.9 Å². The lowest BCUT2D eigenvalue weighted by Gasteiger charge is -2.13. The Kier molecular flexibility index (Phi) is 7.32. The second kappa shape index (κ2) is 9.07. The fourth-order valence-corrected chi connectivity index (χ4v) is 2.03. The molecule has 1 atom stereocenters. The summed E-state index contributed by atoms with van der Waals surface area (Å²) >= 11 is 0. The molecule has 0 aliphatic carbocycles. The molecule has 0 saturated heterocycles. The van der Waals surface area contributed by atoms with Gasteiger partial charge in [-0.25, -0.2) is 0 Å². The molecule has 5 heteroatoms. The molecule has 1 unspecified atom stereocenters. The lowest BCUT2D eigenvalue weighted by molar-refractivity contribution is -0.137. The third-order valence-corrected chi connectivity index (χ3v) is 3.29. The van der Waals surface area contributed by atoms with Crippen molar-refractivity contribution in [3.05, 3.63) is 30.1 Å². The highest BCUT2D eigenvalue weighted by atomic mass is 16.4. The lowest BCUT2D eigenvalue weighted by Crippen LogP contribution is -2.27. The molecule has 0 spiro atoms. The van der Waals surface area contributed by atoms with Crippen LogP contribution in [-0.4, -0.2) is 28.5 Å².